The quantitative estimate of drug-likeness (QED) is 0.169. The Bertz CT molecular complexity index is 1930. The Hall–Kier alpha value is -4.97. The molecule has 0 saturated heterocycles. The van der Waals surface area contributed by atoms with E-state index in [1.54, 1.807) is 69.3 Å². The maximum atomic E-state index is 14.0. The average molecular weight is 590 g/mol. The number of allylic oxidation sites excluding steroid dienone is 1. The van der Waals surface area contributed by atoms with Crippen LogP contribution >= 0.6 is 11.3 Å². The van der Waals surface area contributed by atoms with Crippen molar-refractivity contribution in [2.75, 3.05) is 20.8 Å². The summed E-state index contributed by atoms with van der Waals surface area (Å²) in [6, 6.07) is 12.4. The van der Waals surface area contributed by atoms with Gasteiger partial charge < -0.3 is 18.6 Å². The van der Waals surface area contributed by atoms with E-state index in [1.807, 2.05) is 0 Å². The topological polar surface area (TPSA) is 135 Å². The summed E-state index contributed by atoms with van der Waals surface area (Å²) in [5, 5.41) is 11.6. The molecule has 3 heterocycles. The smallest absolute Gasteiger partial charge is 0.338 e. The van der Waals surface area contributed by atoms with E-state index in [0.717, 1.165) is 16.9 Å². The fourth-order valence-corrected chi connectivity index (χ4v) is 5.87. The summed E-state index contributed by atoms with van der Waals surface area (Å²) in [5.41, 5.74) is 1.71. The second kappa shape index (κ2) is 11.5. The first kappa shape index (κ1) is 28.6. The number of carbonyl (C=O) groups is 1. The molecule has 1 atom stereocenters. The van der Waals surface area contributed by atoms with Gasteiger partial charge in [0.2, 0.25) is 0 Å². The highest BCUT2D eigenvalue weighted by Crippen LogP contribution is 2.38. The summed E-state index contributed by atoms with van der Waals surface area (Å²) >= 11 is 1.13. The van der Waals surface area contributed by atoms with Crippen LogP contribution in [0, 0.1) is 17.0 Å². The lowest BCUT2D eigenvalue weighted by atomic mass is 9.95. The molecule has 1 aliphatic heterocycles. The van der Waals surface area contributed by atoms with Gasteiger partial charge in [-0.25, -0.2) is 9.79 Å². The number of benzene rings is 2. The predicted octanol–water partition coefficient (Wildman–Crippen LogP) is 4.29. The molecule has 0 spiro atoms. The lowest BCUT2D eigenvalue weighted by Crippen LogP contribution is -2.40. The Morgan fingerprint density at radius 2 is 1.93 bits per heavy atom. The fraction of sp³-hybridized carbons (Fsp3) is 0.233. The van der Waals surface area contributed by atoms with Crippen molar-refractivity contribution in [2.45, 2.75) is 26.8 Å². The molecule has 0 N–H and O–H groups in total. The molecule has 0 fully saturated rings. The van der Waals surface area contributed by atoms with Gasteiger partial charge in [0.05, 0.1) is 47.1 Å². The van der Waals surface area contributed by atoms with Crippen LogP contribution in [0.25, 0.3) is 17.4 Å². The summed E-state index contributed by atoms with van der Waals surface area (Å²) in [4.78, 5) is 43.3. The van der Waals surface area contributed by atoms with Crippen LogP contribution in [0.5, 0.6) is 11.5 Å². The van der Waals surface area contributed by atoms with Gasteiger partial charge in [-0.3, -0.25) is 19.5 Å². The zero-order valence-corrected chi connectivity index (χ0v) is 24.3. The molecule has 5 rings (SSSR count). The number of nitro groups is 1. The van der Waals surface area contributed by atoms with Gasteiger partial charge in [0, 0.05) is 17.7 Å². The molecular weight excluding hydrogens is 562 g/mol. The van der Waals surface area contributed by atoms with Crippen LogP contribution in [0.3, 0.4) is 0 Å². The van der Waals surface area contributed by atoms with Crippen LogP contribution in [-0.2, 0) is 9.53 Å². The van der Waals surface area contributed by atoms with Crippen molar-refractivity contribution >= 4 is 29.1 Å². The predicted molar refractivity (Wildman–Crippen MR) is 155 cm³/mol. The summed E-state index contributed by atoms with van der Waals surface area (Å²) in [7, 11) is 3.02. The number of ether oxygens (including phenoxy) is 3. The zero-order chi connectivity index (χ0) is 30.1. The van der Waals surface area contributed by atoms with E-state index in [4.69, 9.17) is 18.6 Å². The lowest BCUT2D eigenvalue weighted by Gasteiger charge is -2.26. The molecule has 0 unspecified atom stereocenters. The van der Waals surface area contributed by atoms with Crippen molar-refractivity contribution in [1.29, 1.82) is 0 Å². The highest BCUT2D eigenvalue weighted by atomic mass is 32.1. The molecule has 0 bridgehead atoms. The summed E-state index contributed by atoms with van der Waals surface area (Å²) in [6.07, 6.45) is 1.55. The number of hydrogen-bond donors (Lipinski definition) is 0. The van der Waals surface area contributed by atoms with Gasteiger partial charge in [0.1, 0.15) is 29.1 Å². The van der Waals surface area contributed by atoms with Crippen molar-refractivity contribution in [3.05, 3.63) is 106 Å². The molecule has 1 aliphatic rings. The normalized spacial score (nSPS) is 14.8. The minimum atomic E-state index is -0.908. The van der Waals surface area contributed by atoms with E-state index < -0.39 is 22.5 Å². The first-order valence-corrected chi connectivity index (χ1v) is 13.7. The number of thiazole rings is 1. The van der Waals surface area contributed by atoms with Crippen molar-refractivity contribution < 1.29 is 28.3 Å². The molecule has 0 saturated carbocycles. The molecule has 216 valence electrons. The van der Waals surface area contributed by atoms with Crippen molar-refractivity contribution in [2.24, 2.45) is 4.99 Å². The number of hydrogen-bond acceptors (Lipinski definition) is 10. The number of nitro benzene ring substituents is 1. The third-order valence-corrected chi connectivity index (χ3v) is 7.75. The molecule has 0 amide bonds. The summed E-state index contributed by atoms with van der Waals surface area (Å²) in [6.45, 7) is 5.30. The number of carbonyl (C=O) groups excluding carboxylic acids is 1. The minimum Gasteiger partial charge on any atom is -0.497 e. The van der Waals surface area contributed by atoms with Gasteiger partial charge in [0.15, 0.2) is 4.80 Å². The van der Waals surface area contributed by atoms with Gasteiger partial charge in [-0.2, -0.15) is 0 Å². The van der Waals surface area contributed by atoms with Crippen molar-refractivity contribution in [1.82, 2.24) is 4.57 Å². The highest BCUT2D eigenvalue weighted by Gasteiger charge is 2.35. The monoisotopic (exact) mass is 589 g/mol. The maximum Gasteiger partial charge on any atom is 0.338 e. The van der Waals surface area contributed by atoms with E-state index in [1.165, 1.54) is 24.9 Å². The number of aromatic nitrogens is 1. The molecule has 42 heavy (non-hydrogen) atoms. The largest absolute Gasteiger partial charge is 0.497 e. The molecule has 0 radical (unpaired) electrons. The standard InChI is InChI=1S/C30H27N3O8S/c1-6-40-29(35)26-17(3)31-30-32(27(26)21-14-18(38-4)8-11-23(21)39-5)28(34)25(42-30)15-19-9-12-24(41-19)20-10-7-16(2)13-22(20)33(36)37/h7-15,27H,6H2,1-5H3/b25-15-/t27-/m0/s1. The summed E-state index contributed by atoms with van der Waals surface area (Å²) in [5.74, 6) is 0.974. The second-order valence-electron chi connectivity index (χ2n) is 9.39. The Morgan fingerprint density at radius 3 is 2.62 bits per heavy atom. The van der Waals surface area contributed by atoms with Gasteiger partial charge in [-0.1, -0.05) is 17.4 Å². The van der Waals surface area contributed by atoms with E-state index >= 15 is 0 Å². The number of nitrogens with zero attached hydrogens (tertiary/aromatic N) is 3. The van der Waals surface area contributed by atoms with Crippen molar-refractivity contribution in [3.8, 4) is 22.8 Å². The Balaban J connectivity index is 1.68. The molecule has 2 aromatic carbocycles. The van der Waals surface area contributed by atoms with E-state index in [2.05, 4.69) is 4.99 Å². The van der Waals surface area contributed by atoms with Gasteiger partial charge >= 0.3 is 5.97 Å². The molecule has 12 heteroatoms. The number of fused-ring (bicyclic) bond motifs is 1. The molecule has 4 aromatic rings. The third kappa shape index (κ3) is 5.12. The van der Waals surface area contributed by atoms with E-state index in [0.29, 0.717) is 44.6 Å². The first-order valence-electron chi connectivity index (χ1n) is 12.9. The third-order valence-electron chi connectivity index (χ3n) is 6.76. The highest BCUT2D eigenvalue weighted by molar-refractivity contribution is 7.07. The minimum absolute atomic E-state index is 0.0792. The SMILES string of the molecule is CCOC(=O)C1=C(C)N=c2s/c(=C\c3ccc(-c4ccc(C)cc4[N+](=O)[O-])o3)c(=O)n2[C@H]1c1cc(OC)ccc1OC. The Kier molecular flexibility index (Phi) is 7.81. The molecule has 11 nitrogen and oxygen atoms in total. The van der Waals surface area contributed by atoms with Crippen LogP contribution in [0.15, 0.2) is 74.0 Å². The number of methoxy groups -OCH3 is 2. The maximum absolute atomic E-state index is 14.0. The van der Waals surface area contributed by atoms with Crippen molar-refractivity contribution in [3.63, 3.8) is 0 Å². The number of furan rings is 1. The van der Waals surface area contributed by atoms with E-state index in [-0.39, 0.29) is 22.4 Å². The van der Waals surface area contributed by atoms with Crippen LogP contribution < -0.4 is 24.4 Å². The fourth-order valence-electron chi connectivity index (χ4n) is 4.84. The Labute approximate surface area is 243 Å². The lowest BCUT2D eigenvalue weighted by molar-refractivity contribution is -0.384. The molecular formula is C30H27N3O8S. The first-order chi connectivity index (χ1) is 20.2. The van der Waals surface area contributed by atoms with Crippen LogP contribution in [-0.4, -0.2) is 36.3 Å². The van der Waals surface area contributed by atoms with Crippen LogP contribution in [0.4, 0.5) is 5.69 Å². The summed E-state index contributed by atoms with van der Waals surface area (Å²) < 4.78 is 24.1. The number of rotatable bonds is 8. The van der Waals surface area contributed by atoms with Gasteiger partial charge in [0.25, 0.3) is 11.2 Å². The molecule has 0 aliphatic carbocycles. The van der Waals surface area contributed by atoms with Crippen LogP contribution in [0.1, 0.15) is 36.8 Å². The number of aryl methyl sites for hydroxylation is 1. The number of esters is 1. The zero-order valence-electron chi connectivity index (χ0n) is 23.5. The average Bonchev–Trinajstić information content (AvgIpc) is 3.55. The second-order valence-corrected chi connectivity index (χ2v) is 10.4. The molecule has 2 aromatic heterocycles. The van der Waals surface area contributed by atoms with Gasteiger partial charge in [-0.05, 0) is 62.7 Å². The van der Waals surface area contributed by atoms with Gasteiger partial charge in [-0.15, -0.1) is 0 Å². The van der Waals surface area contributed by atoms with Crippen LogP contribution in [0.2, 0.25) is 0 Å². The Morgan fingerprint density at radius 1 is 1.14 bits per heavy atom. The van der Waals surface area contributed by atoms with E-state index in [9.17, 15) is 19.7 Å².